The number of rotatable bonds is 3. The lowest BCUT2D eigenvalue weighted by Gasteiger charge is -2.09. The summed E-state index contributed by atoms with van der Waals surface area (Å²) in [6.07, 6.45) is 1.74. The molecule has 0 bridgehead atoms. The average molecular weight is 243 g/mol. The van der Waals surface area contributed by atoms with E-state index in [-0.39, 0.29) is 5.84 Å². The summed E-state index contributed by atoms with van der Waals surface area (Å²) in [4.78, 5) is 5.39. The molecule has 17 heavy (non-hydrogen) atoms. The van der Waals surface area contributed by atoms with E-state index in [1.165, 1.54) is 11.8 Å². The SMILES string of the molecule is Cc1ccnc(Sc2ccccc2)c1C(=N)N. The van der Waals surface area contributed by atoms with Gasteiger partial charge in [-0.3, -0.25) is 5.41 Å². The van der Waals surface area contributed by atoms with Crippen LogP contribution in [0.3, 0.4) is 0 Å². The van der Waals surface area contributed by atoms with Crippen molar-refractivity contribution < 1.29 is 0 Å². The Balaban J connectivity index is 2.40. The molecule has 0 amide bonds. The summed E-state index contributed by atoms with van der Waals surface area (Å²) in [6.45, 7) is 1.94. The maximum atomic E-state index is 7.61. The van der Waals surface area contributed by atoms with Gasteiger partial charge in [0.15, 0.2) is 0 Å². The molecule has 0 fully saturated rings. The zero-order chi connectivity index (χ0) is 12.3. The van der Waals surface area contributed by atoms with E-state index in [4.69, 9.17) is 11.1 Å². The molecule has 2 aromatic rings. The van der Waals surface area contributed by atoms with Crippen LogP contribution < -0.4 is 5.73 Å². The van der Waals surface area contributed by atoms with Crippen molar-refractivity contribution in [1.29, 1.82) is 5.41 Å². The van der Waals surface area contributed by atoms with Gasteiger partial charge in [-0.05, 0) is 30.7 Å². The second-order valence-corrected chi connectivity index (χ2v) is 4.70. The number of nitrogen functional groups attached to an aromatic ring is 1. The van der Waals surface area contributed by atoms with Gasteiger partial charge in [-0.25, -0.2) is 4.98 Å². The Labute approximate surface area is 105 Å². The van der Waals surface area contributed by atoms with E-state index >= 15 is 0 Å². The molecular formula is C13H13N3S. The Hall–Kier alpha value is -1.81. The second kappa shape index (κ2) is 5.01. The zero-order valence-electron chi connectivity index (χ0n) is 9.47. The molecule has 0 saturated carbocycles. The van der Waals surface area contributed by atoms with Crippen LogP contribution in [0.1, 0.15) is 11.1 Å². The van der Waals surface area contributed by atoms with Gasteiger partial charge >= 0.3 is 0 Å². The van der Waals surface area contributed by atoms with Crippen molar-refractivity contribution in [3.63, 3.8) is 0 Å². The summed E-state index contributed by atoms with van der Waals surface area (Å²) in [6, 6.07) is 11.8. The first kappa shape index (κ1) is 11.7. The molecule has 2 rings (SSSR count). The van der Waals surface area contributed by atoms with Crippen LogP contribution in [0.2, 0.25) is 0 Å². The van der Waals surface area contributed by atoms with Crippen LogP contribution in [-0.4, -0.2) is 10.8 Å². The normalized spacial score (nSPS) is 10.2. The van der Waals surface area contributed by atoms with E-state index in [0.717, 1.165) is 21.0 Å². The number of benzene rings is 1. The predicted octanol–water partition coefficient (Wildman–Crippen LogP) is 2.83. The number of hydrogen-bond donors (Lipinski definition) is 2. The third-order valence-electron chi connectivity index (χ3n) is 2.35. The monoisotopic (exact) mass is 243 g/mol. The topological polar surface area (TPSA) is 62.8 Å². The molecule has 1 aromatic heterocycles. The first-order chi connectivity index (χ1) is 8.18. The van der Waals surface area contributed by atoms with Gasteiger partial charge in [0.1, 0.15) is 10.9 Å². The predicted molar refractivity (Wildman–Crippen MR) is 70.6 cm³/mol. The van der Waals surface area contributed by atoms with Crippen LogP contribution in [0, 0.1) is 12.3 Å². The van der Waals surface area contributed by atoms with Gasteiger partial charge < -0.3 is 5.73 Å². The van der Waals surface area contributed by atoms with Gasteiger partial charge in [0.2, 0.25) is 0 Å². The standard InChI is InChI=1S/C13H13N3S/c1-9-7-8-16-13(11(9)12(14)15)17-10-5-3-2-4-6-10/h2-8H,1H3,(H3,14,15). The molecule has 0 aliphatic rings. The molecule has 0 saturated heterocycles. The van der Waals surface area contributed by atoms with Crippen LogP contribution in [0.4, 0.5) is 0 Å². The Morgan fingerprint density at radius 2 is 1.94 bits per heavy atom. The number of aryl methyl sites for hydroxylation is 1. The molecule has 1 aromatic carbocycles. The van der Waals surface area contributed by atoms with E-state index in [0.29, 0.717) is 0 Å². The molecular weight excluding hydrogens is 230 g/mol. The van der Waals surface area contributed by atoms with Crippen LogP contribution in [0.5, 0.6) is 0 Å². The molecule has 0 atom stereocenters. The van der Waals surface area contributed by atoms with Gasteiger partial charge in [-0.15, -0.1) is 0 Å². The summed E-state index contributed by atoms with van der Waals surface area (Å²) in [5.41, 5.74) is 7.30. The Morgan fingerprint density at radius 1 is 1.24 bits per heavy atom. The molecule has 0 aliphatic heterocycles. The Kier molecular flexibility index (Phi) is 3.44. The molecule has 3 nitrogen and oxygen atoms in total. The third kappa shape index (κ3) is 2.65. The number of pyridine rings is 1. The molecule has 3 N–H and O–H groups in total. The average Bonchev–Trinajstić information content (AvgIpc) is 2.30. The van der Waals surface area contributed by atoms with E-state index in [2.05, 4.69) is 4.98 Å². The highest BCUT2D eigenvalue weighted by molar-refractivity contribution is 7.99. The van der Waals surface area contributed by atoms with Gasteiger partial charge in [0.25, 0.3) is 0 Å². The molecule has 0 radical (unpaired) electrons. The van der Waals surface area contributed by atoms with Crippen LogP contribution >= 0.6 is 11.8 Å². The fourth-order valence-electron chi connectivity index (χ4n) is 1.54. The number of hydrogen-bond acceptors (Lipinski definition) is 3. The second-order valence-electron chi connectivity index (χ2n) is 3.64. The minimum atomic E-state index is 0.0639. The zero-order valence-corrected chi connectivity index (χ0v) is 10.3. The Morgan fingerprint density at radius 3 is 2.59 bits per heavy atom. The van der Waals surface area contributed by atoms with Crippen molar-refractivity contribution >= 4 is 17.6 Å². The highest BCUT2D eigenvalue weighted by Gasteiger charge is 2.10. The number of amidine groups is 1. The van der Waals surface area contributed by atoms with Gasteiger partial charge in [-0.2, -0.15) is 0 Å². The number of aromatic nitrogens is 1. The quantitative estimate of drug-likeness (QED) is 0.643. The first-order valence-electron chi connectivity index (χ1n) is 5.21. The van der Waals surface area contributed by atoms with Crippen molar-refractivity contribution in [1.82, 2.24) is 4.98 Å². The highest BCUT2D eigenvalue weighted by Crippen LogP contribution is 2.29. The summed E-state index contributed by atoms with van der Waals surface area (Å²) in [5.74, 6) is 0.0639. The molecule has 0 aliphatic carbocycles. The molecule has 1 heterocycles. The summed E-state index contributed by atoms with van der Waals surface area (Å²) >= 11 is 1.52. The summed E-state index contributed by atoms with van der Waals surface area (Å²) in [7, 11) is 0. The smallest absolute Gasteiger partial charge is 0.125 e. The molecule has 86 valence electrons. The van der Waals surface area contributed by atoms with E-state index in [9.17, 15) is 0 Å². The molecule has 0 unspecified atom stereocenters. The number of nitrogens with zero attached hydrogens (tertiary/aromatic N) is 1. The maximum absolute atomic E-state index is 7.61. The minimum Gasteiger partial charge on any atom is -0.384 e. The number of nitrogens with one attached hydrogen (secondary N) is 1. The van der Waals surface area contributed by atoms with Crippen molar-refractivity contribution in [3.8, 4) is 0 Å². The third-order valence-corrected chi connectivity index (χ3v) is 3.36. The fourth-order valence-corrected chi connectivity index (χ4v) is 2.54. The summed E-state index contributed by atoms with van der Waals surface area (Å²) < 4.78 is 0. The van der Waals surface area contributed by atoms with Crippen LogP contribution in [-0.2, 0) is 0 Å². The van der Waals surface area contributed by atoms with Crippen LogP contribution in [0.15, 0.2) is 52.5 Å². The van der Waals surface area contributed by atoms with Gasteiger partial charge in [0, 0.05) is 11.1 Å². The van der Waals surface area contributed by atoms with Gasteiger partial charge in [0.05, 0.1) is 5.56 Å². The van der Waals surface area contributed by atoms with Crippen molar-refractivity contribution in [3.05, 3.63) is 53.7 Å². The van der Waals surface area contributed by atoms with E-state index < -0.39 is 0 Å². The van der Waals surface area contributed by atoms with E-state index in [1.807, 2.05) is 43.3 Å². The lowest BCUT2D eigenvalue weighted by Crippen LogP contribution is -2.14. The van der Waals surface area contributed by atoms with Crippen molar-refractivity contribution in [2.24, 2.45) is 5.73 Å². The Bertz CT molecular complexity index is 538. The van der Waals surface area contributed by atoms with Gasteiger partial charge in [-0.1, -0.05) is 30.0 Å². The minimum absolute atomic E-state index is 0.0639. The molecule has 0 spiro atoms. The first-order valence-corrected chi connectivity index (χ1v) is 6.03. The lowest BCUT2D eigenvalue weighted by atomic mass is 10.1. The largest absolute Gasteiger partial charge is 0.384 e. The van der Waals surface area contributed by atoms with E-state index in [1.54, 1.807) is 6.20 Å². The lowest BCUT2D eigenvalue weighted by molar-refractivity contribution is 1.09. The number of nitrogens with two attached hydrogens (primary N) is 1. The van der Waals surface area contributed by atoms with Crippen molar-refractivity contribution in [2.45, 2.75) is 16.8 Å². The summed E-state index contributed by atoms with van der Waals surface area (Å²) in [5, 5.41) is 8.39. The van der Waals surface area contributed by atoms with Crippen LogP contribution in [0.25, 0.3) is 0 Å². The fraction of sp³-hybridized carbons (Fsp3) is 0.0769. The molecule has 4 heteroatoms. The highest BCUT2D eigenvalue weighted by atomic mass is 32.2. The van der Waals surface area contributed by atoms with Crippen molar-refractivity contribution in [2.75, 3.05) is 0 Å². The maximum Gasteiger partial charge on any atom is 0.125 e.